The maximum Gasteiger partial charge on any atom is 0.413 e. The first kappa shape index (κ1) is 26.2. The number of anilines is 3. The van der Waals surface area contributed by atoms with Crippen molar-refractivity contribution in [3.05, 3.63) is 35.9 Å². The molecule has 3 atom stereocenters. The van der Waals surface area contributed by atoms with Crippen LogP contribution in [0.15, 0.2) is 29.5 Å². The van der Waals surface area contributed by atoms with E-state index in [1.807, 2.05) is 20.1 Å². The molecule has 210 valence electrons. The van der Waals surface area contributed by atoms with Crippen molar-refractivity contribution in [3.8, 4) is 17.0 Å². The molecule has 40 heavy (non-hydrogen) atoms. The Hall–Kier alpha value is -4.03. The number of nitrogen functional groups attached to an aromatic ring is 1. The summed E-state index contributed by atoms with van der Waals surface area (Å²) in [5.74, 6) is -0.0116. The highest BCUT2D eigenvalue weighted by molar-refractivity contribution is 5.99. The average Bonchev–Trinajstić information content (AvgIpc) is 2.92. The van der Waals surface area contributed by atoms with E-state index in [2.05, 4.69) is 25.6 Å². The first-order chi connectivity index (χ1) is 19.4. The lowest BCUT2D eigenvalue weighted by Gasteiger charge is -2.34. The highest BCUT2D eigenvalue weighted by Crippen LogP contribution is 2.39. The number of aliphatic imine (C=N–C) groups is 1. The molecule has 2 saturated heterocycles. The second-order valence-electron chi connectivity index (χ2n) is 10.4. The van der Waals surface area contributed by atoms with E-state index >= 15 is 4.39 Å². The van der Waals surface area contributed by atoms with Gasteiger partial charge >= 0.3 is 6.09 Å². The number of ether oxygens (including phenoxy) is 4. The van der Waals surface area contributed by atoms with Gasteiger partial charge in [0.1, 0.15) is 24.2 Å². The number of nitrogens with one attached hydrogen (secondary N) is 2. The van der Waals surface area contributed by atoms with Gasteiger partial charge in [0.25, 0.3) is 0 Å². The second-order valence-corrected chi connectivity index (χ2v) is 10.4. The third kappa shape index (κ3) is 5.00. The van der Waals surface area contributed by atoms with Gasteiger partial charge in [-0.15, -0.1) is 0 Å². The van der Waals surface area contributed by atoms with Crippen molar-refractivity contribution in [1.82, 2.24) is 9.97 Å². The number of hydrogen-bond acceptors (Lipinski definition) is 10. The number of nitrogens with zero attached hydrogens (tertiary/aromatic N) is 3. The molecule has 0 radical (unpaired) electrons. The number of carbonyl (C=O) groups is 1. The molecule has 1 aromatic carbocycles. The summed E-state index contributed by atoms with van der Waals surface area (Å²) in [7, 11) is 0. The van der Waals surface area contributed by atoms with Gasteiger partial charge in [0.05, 0.1) is 44.1 Å². The lowest BCUT2D eigenvalue weighted by Crippen LogP contribution is -2.44. The molecule has 11 nitrogen and oxygen atoms in total. The smallest absolute Gasteiger partial charge is 0.413 e. The number of benzene rings is 1. The summed E-state index contributed by atoms with van der Waals surface area (Å²) in [6.45, 7) is 7.09. The quantitative estimate of drug-likeness (QED) is 0.319. The molecule has 4 N–H and O–H groups in total. The zero-order chi connectivity index (χ0) is 27.8. The van der Waals surface area contributed by atoms with Crippen molar-refractivity contribution in [2.75, 3.05) is 55.9 Å². The normalized spacial score (nSPS) is 22.7. The van der Waals surface area contributed by atoms with Crippen molar-refractivity contribution in [1.29, 1.82) is 0 Å². The van der Waals surface area contributed by atoms with Gasteiger partial charge in [0.15, 0.2) is 5.82 Å². The number of amides is 1. The lowest BCUT2D eigenvalue weighted by molar-refractivity contribution is -0.0536. The summed E-state index contributed by atoms with van der Waals surface area (Å²) in [6, 6.07) is 3.46. The molecule has 1 amide bonds. The Bertz CT molecular complexity index is 1480. The zero-order valence-electron chi connectivity index (χ0n) is 22.3. The predicted octanol–water partition coefficient (Wildman–Crippen LogP) is 3.80. The maximum atomic E-state index is 15.5. The van der Waals surface area contributed by atoms with Crippen molar-refractivity contribution in [2.24, 2.45) is 16.8 Å². The third-order valence-corrected chi connectivity index (χ3v) is 7.49. The van der Waals surface area contributed by atoms with Crippen molar-refractivity contribution < 1.29 is 28.1 Å². The minimum atomic E-state index is -0.646. The number of pyridine rings is 2. The second kappa shape index (κ2) is 10.9. The van der Waals surface area contributed by atoms with Crippen LogP contribution in [0, 0.1) is 24.6 Å². The minimum absolute atomic E-state index is 0.0168. The summed E-state index contributed by atoms with van der Waals surface area (Å²) in [4.78, 5) is 26.1. The van der Waals surface area contributed by atoms with Crippen LogP contribution in [-0.2, 0) is 14.2 Å². The Morgan fingerprint density at radius 1 is 1.20 bits per heavy atom. The fourth-order valence-electron chi connectivity index (χ4n) is 5.19. The van der Waals surface area contributed by atoms with Crippen LogP contribution < -0.4 is 21.1 Å². The Morgan fingerprint density at radius 3 is 2.83 bits per heavy atom. The first-order valence-electron chi connectivity index (χ1n) is 13.3. The SMILES string of the molecule is Cc1c(-c2cc3cc(NC(=O)OC4C(C)COCC4C=NC4COC4)ncc3c(N)c2F)cnc2c1NCCO2. The fraction of sp³-hybridized carbons (Fsp3) is 0.429. The highest BCUT2D eigenvalue weighted by atomic mass is 19.1. The maximum absolute atomic E-state index is 15.5. The summed E-state index contributed by atoms with van der Waals surface area (Å²) in [5.41, 5.74) is 8.56. The topological polar surface area (TPSA) is 142 Å². The van der Waals surface area contributed by atoms with Crippen LogP contribution in [0.1, 0.15) is 12.5 Å². The van der Waals surface area contributed by atoms with Crippen molar-refractivity contribution in [3.63, 3.8) is 0 Å². The van der Waals surface area contributed by atoms with Crippen LogP contribution in [-0.4, -0.2) is 74.0 Å². The van der Waals surface area contributed by atoms with Crippen molar-refractivity contribution >= 4 is 40.3 Å². The zero-order valence-corrected chi connectivity index (χ0v) is 22.3. The number of fused-ring (bicyclic) bond motifs is 2. The summed E-state index contributed by atoms with van der Waals surface area (Å²) in [6.07, 6.45) is 3.77. The van der Waals surface area contributed by atoms with Crippen LogP contribution in [0.2, 0.25) is 0 Å². The molecule has 6 rings (SSSR count). The molecule has 3 aromatic rings. The Labute approximate surface area is 230 Å². The predicted molar refractivity (Wildman–Crippen MR) is 149 cm³/mol. The molecule has 3 aliphatic rings. The Morgan fingerprint density at radius 2 is 2.02 bits per heavy atom. The van der Waals surface area contributed by atoms with E-state index in [0.29, 0.717) is 67.4 Å². The van der Waals surface area contributed by atoms with E-state index in [1.54, 1.807) is 18.3 Å². The molecule has 0 spiro atoms. The van der Waals surface area contributed by atoms with Gasteiger partial charge < -0.3 is 30.0 Å². The first-order valence-corrected chi connectivity index (χ1v) is 13.3. The van der Waals surface area contributed by atoms with Gasteiger partial charge in [0, 0.05) is 47.6 Å². The van der Waals surface area contributed by atoms with E-state index in [-0.39, 0.29) is 29.4 Å². The Kier molecular flexibility index (Phi) is 7.11. The van der Waals surface area contributed by atoms with E-state index in [0.717, 1.165) is 11.3 Å². The van der Waals surface area contributed by atoms with Crippen LogP contribution in [0.5, 0.6) is 5.88 Å². The Balaban J connectivity index is 1.24. The molecular formula is C28H31FN6O5. The van der Waals surface area contributed by atoms with Gasteiger partial charge in [-0.05, 0) is 30.0 Å². The van der Waals surface area contributed by atoms with E-state index < -0.39 is 18.0 Å². The standard InChI is InChI=1S/C28H31FN6O5/c1-14-10-37-11-17(7-32-18-12-38-13-18)26(14)40-28(36)35-22-6-16-5-19(23(29)24(30)21(16)9-33-22)20-8-34-27-25(15(20)2)31-3-4-39-27/h5-9,14,17-18,26,31H,3-4,10-13,30H2,1-2H3,(H,33,35,36). The molecular weight excluding hydrogens is 519 g/mol. The van der Waals surface area contributed by atoms with E-state index in [9.17, 15) is 4.79 Å². The van der Waals surface area contributed by atoms with Crippen LogP contribution in [0.4, 0.5) is 26.4 Å². The van der Waals surface area contributed by atoms with E-state index in [1.165, 1.54) is 6.20 Å². The molecule has 0 bridgehead atoms. The third-order valence-electron chi connectivity index (χ3n) is 7.49. The number of halogens is 1. The monoisotopic (exact) mass is 550 g/mol. The number of hydrogen-bond donors (Lipinski definition) is 3. The molecule has 0 saturated carbocycles. The number of rotatable bonds is 5. The molecule has 0 aliphatic carbocycles. The van der Waals surface area contributed by atoms with Crippen LogP contribution in [0.25, 0.3) is 21.9 Å². The van der Waals surface area contributed by atoms with Gasteiger partial charge in [-0.3, -0.25) is 10.3 Å². The summed E-state index contributed by atoms with van der Waals surface area (Å²) in [5, 5.41) is 7.01. The molecule has 5 heterocycles. The molecule has 3 aliphatic heterocycles. The lowest BCUT2D eigenvalue weighted by atomic mass is 9.91. The van der Waals surface area contributed by atoms with Gasteiger partial charge in [-0.2, -0.15) is 0 Å². The molecule has 12 heteroatoms. The molecule has 2 aromatic heterocycles. The van der Waals surface area contributed by atoms with Gasteiger partial charge in [-0.1, -0.05) is 6.92 Å². The summed E-state index contributed by atoms with van der Waals surface area (Å²) < 4.78 is 37.7. The van der Waals surface area contributed by atoms with Crippen LogP contribution >= 0.6 is 0 Å². The van der Waals surface area contributed by atoms with Crippen molar-refractivity contribution in [2.45, 2.75) is 26.0 Å². The largest absolute Gasteiger partial charge is 0.474 e. The minimum Gasteiger partial charge on any atom is -0.474 e. The molecule has 3 unspecified atom stereocenters. The van der Waals surface area contributed by atoms with E-state index in [4.69, 9.17) is 24.7 Å². The highest BCUT2D eigenvalue weighted by Gasteiger charge is 2.34. The fourth-order valence-corrected chi connectivity index (χ4v) is 5.19. The number of aromatic nitrogens is 2. The average molecular weight is 551 g/mol. The molecule has 2 fully saturated rings. The number of carbonyl (C=O) groups excluding carboxylic acids is 1. The number of nitrogens with two attached hydrogens (primary N) is 1. The van der Waals surface area contributed by atoms with Crippen LogP contribution in [0.3, 0.4) is 0 Å². The van der Waals surface area contributed by atoms with Gasteiger partial charge in [0.2, 0.25) is 5.88 Å². The summed E-state index contributed by atoms with van der Waals surface area (Å²) >= 11 is 0. The van der Waals surface area contributed by atoms with Gasteiger partial charge in [-0.25, -0.2) is 19.2 Å².